The van der Waals surface area contributed by atoms with Crippen molar-refractivity contribution in [3.05, 3.63) is 32.7 Å². The molecule has 0 aromatic carbocycles. The van der Waals surface area contributed by atoms with E-state index in [1.807, 2.05) is 0 Å². The van der Waals surface area contributed by atoms with Gasteiger partial charge in [-0.3, -0.25) is 4.79 Å². The first-order valence-corrected chi connectivity index (χ1v) is 4.42. The molecule has 0 bridgehead atoms. The van der Waals surface area contributed by atoms with E-state index in [4.69, 9.17) is 5.11 Å². The van der Waals surface area contributed by atoms with Gasteiger partial charge in [-0.1, -0.05) is 0 Å². The molecule has 3 nitrogen and oxygen atoms in total. The van der Waals surface area contributed by atoms with E-state index in [0.717, 1.165) is 4.47 Å². The Morgan fingerprint density at radius 2 is 2.33 bits per heavy atom. The molecular weight excluding hydrogens is 222 g/mol. The minimum atomic E-state index is -0.0488. The van der Waals surface area contributed by atoms with Gasteiger partial charge >= 0.3 is 0 Å². The minimum Gasteiger partial charge on any atom is -0.395 e. The summed E-state index contributed by atoms with van der Waals surface area (Å²) in [4.78, 5) is 11.3. The lowest BCUT2D eigenvalue weighted by Crippen LogP contribution is -2.22. The summed E-state index contributed by atoms with van der Waals surface area (Å²) < 4.78 is 2.34. The van der Waals surface area contributed by atoms with Crippen molar-refractivity contribution in [2.75, 3.05) is 6.61 Å². The molecule has 0 unspecified atom stereocenters. The molecule has 0 spiro atoms. The molecule has 0 amide bonds. The summed E-state index contributed by atoms with van der Waals surface area (Å²) in [7, 11) is 0. The summed E-state index contributed by atoms with van der Waals surface area (Å²) in [5, 5.41) is 8.65. The number of aryl methyl sites for hydroxylation is 1. The van der Waals surface area contributed by atoms with E-state index in [-0.39, 0.29) is 12.2 Å². The van der Waals surface area contributed by atoms with Gasteiger partial charge in [-0.15, -0.1) is 0 Å². The van der Waals surface area contributed by atoms with Crippen LogP contribution in [0.15, 0.2) is 21.5 Å². The highest BCUT2D eigenvalue weighted by Crippen LogP contribution is 2.07. The number of hydrogen-bond acceptors (Lipinski definition) is 2. The molecule has 4 heteroatoms. The lowest BCUT2D eigenvalue weighted by molar-refractivity contribution is 0.274. The lowest BCUT2D eigenvalue weighted by Gasteiger charge is -2.04. The van der Waals surface area contributed by atoms with Crippen LogP contribution >= 0.6 is 15.9 Å². The number of hydrogen-bond donors (Lipinski definition) is 1. The molecule has 0 fully saturated rings. The Balaban J connectivity index is 3.19. The van der Waals surface area contributed by atoms with E-state index in [2.05, 4.69) is 15.9 Å². The first kappa shape index (κ1) is 9.48. The van der Waals surface area contributed by atoms with Crippen LogP contribution in [0.5, 0.6) is 0 Å². The van der Waals surface area contributed by atoms with E-state index in [0.29, 0.717) is 12.1 Å². The zero-order chi connectivity index (χ0) is 9.14. The molecule has 0 saturated heterocycles. The molecule has 66 valence electrons. The Bertz CT molecular complexity index is 332. The van der Waals surface area contributed by atoms with Crippen LogP contribution in [0, 0.1) is 6.92 Å². The van der Waals surface area contributed by atoms with E-state index in [1.165, 1.54) is 4.57 Å². The van der Waals surface area contributed by atoms with Gasteiger partial charge in [0.25, 0.3) is 5.56 Å². The smallest absolute Gasteiger partial charge is 0.253 e. The van der Waals surface area contributed by atoms with Crippen LogP contribution in [0.3, 0.4) is 0 Å². The fourth-order valence-corrected chi connectivity index (χ4v) is 1.60. The highest BCUT2D eigenvalue weighted by molar-refractivity contribution is 9.10. The molecule has 0 saturated carbocycles. The van der Waals surface area contributed by atoms with Crippen molar-refractivity contribution in [2.24, 2.45) is 0 Å². The highest BCUT2D eigenvalue weighted by atomic mass is 79.9. The van der Waals surface area contributed by atoms with Crippen LogP contribution in [-0.4, -0.2) is 16.3 Å². The Morgan fingerprint density at radius 3 is 2.92 bits per heavy atom. The molecule has 0 aliphatic heterocycles. The summed E-state index contributed by atoms with van der Waals surface area (Å²) in [5.41, 5.74) is 0.630. The van der Waals surface area contributed by atoms with Gasteiger partial charge in [0.05, 0.1) is 6.61 Å². The van der Waals surface area contributed by atoms with Crippen molar-refractivity contribution < 1.29 is 5.11 Å². The first-order valence-electron chi connectivity index (χ1n) is 3.62. The van der Waals surface area contributed by atoms with Crippen molar-refractivity contribution in [3.8, 4) is 0 Å². The van der Waals surface area contributed by atoms with E-state index >= 15 is 0 Å². The maximum Gasteiger partial charge on any atom is 0.253 e. The molecular formula is C8H10BrNO2. The van der Waals surface area contributed by atoms with Crippen molar-refractivity contribution in [1.29, 1.82) is 0 Å². The van der Waals surface area contributed by atoms with Gasteiger partial charge in [0.2, 0.25) is 0 Å². The fourth-order valence-electron chi connectivity index (χ4n) is 1.01. The maximum atomic E-state index is 11.3. The van der Waals surface area contributed by atoms with Crippen LogP contribution in [0.2, 0.25) is 0 Å². The van der Waals surface area contributed by atoms with Gasteiger partial charge in [-0.05, 0) is 28.9 Å². The predicted octanol–water partition coefficient (Wildman–Crippen LogP) is 0.912. The van der Waals surface area contributed by atoms with Crippen LogP contribution in [0.1, 0.15) is 5.56 Å². The summed E-state index contributed by atoms with van der Waals surface area (Å²) in [5.74, 6) is 0. The molecule has 0 aliphatic rings. The van der Waals surface area contributed by atoms with Gasteiger partial charge < -0.3 is 9.67 Å². The highest BCUT2D eigenvalue weighted by Gasteiger charge is 1.99. The second-order valence-electron chi connectivity index (χ2n) is 2.56. The van der Waals surface area contributed by atoms with Crippen LogP contribution < -0.4 is 5.56 Å². The molecule has 1 heterocycles. The average molecular weight is 232 g/mol. The molecule has 0 atom stereocenters. The lowest BCUT2D eigenvalue weighted by atomic mass is 10.3. The van der Waals surface area contributed by atoms with Gasteiger partial charge in [0.15, 0.2) is 0 Å². The zero-order valence-corrected chi connectivity index (χ0v) is 8.34. The number of halogens is 1. The number of aliphatic hydroxyl groups is 1. The topological polar surface area (TPSA) is 42.2 Å². The molecule has 12 heavy (non-hydrogen) atoms. The van der Waals surface area contributed by atoms with Gasteiger partial charge in [-0.2, -0.15) is 0 Å². The molecule has 1 aromatic heterocycles. The normalized spacial score (nSPS) is 10.2. The summed E-state index contributed by atoms with van der Waals surface area (Å²) in [6.45, 7) is 2.08. The van der Waals surface area contributed by atoms with Gasteiger partial charge in [0.1, 0.15) is 0 Å². The monoisotopic (exact) mass is 231 g/mol. The molecule has 0 aliphatic carbocycles. The van der Waals surface area contributed by atoms with Crippen LogP contribution in [-0.2, 0) is 6.54 Å². The number of aromatic nitrogens is 1. The SMILES string of the molecule is Cc1cc(Br)cn(CCO)c1=O. The average Bonchev–Trinajstić information content (AvgIpc) is 2.00. The third kappa shape index (κ3) is 1.95. The quantitative estimate of drug-likeness (QED) is 0.823. The molecule has 1 N–H and O–H groups in total. The second-order valence-corrected chi connectivity index (χ2v) is 3.48. The third-order valence-electron chi connectivity index (χ3n) is 1.57. The summed E-state index contributed by atoms with van der Waals surface area (Å²) >= 11 is 3.28. The third-order valence-corrected chi connectivity index (χ3v) is 2.01. The standard InChI is InChI=1S/C8H10BrNO2/c1-6-4-7(9)5-10(2-3-11)8(6)12/h4-5,11H,2-3H2,1H3. The number of nitrogens with zero attached hydrogens (tertiary/aromatic N) is 1. The first-order chi connectivity index (χ1) is 5.65. The molecule has 0 radical (unpaired) electrons. The Labute approximate surface area is 78.8 Å². The molecule has 1 aromatic rings. The molecule has 1 rings (SSSR count). The Kier molecular flexibility index (Phi) is 3.05. The van der Waals surface area contributed by atoms with E-state index in [1.54, 1.807) is 19.2 Å². The number of rotatable bonds is 2. The van der Waals surface area contributed by atoms with Crippen molar-refractivity contribution in [2.45, 2.75) is 13.5 Å². The van der Waals surface area contributed by atoms with Crippen LogP contribution in [0.25, 0.3) is 0 Å². The Hall–Kier alpha value is -0.610. The minimum absolute atomic E-state index is 0.0181. The predicted molar refractivity (Wildman–Crippen MR) is 50.2 cm³/mol. The Morgan fingerprint density at radius 1 is 1.67 bits per heavy atom. The van der Waals surface area contributed by atoms with Crippen molar-refractivity contribution in [1.82, 2.24) is 4.57 Å². The second kappa shape index (κ2) is 3.87. The van der Waals surface area contributed by atoms with E-state index in [9.17, 15) is 4.79 Å². The largest absolute Gasteiger partial charge is 0.395 e. The summed E-state index contributed by atoms with van der Waals surface area (Å²) in [6.07, 6.45) is 1.67. The maximum absolute atomic E-state index is 11.3. The van der Waals surface area contributed by atoms with Gasteiger partial charge in [0, 0.05) is 22.8 Å². The van der Waals surface area contributed by atoms with Crippen molar-refractivity contribution >= 4 is 15.9 Å². The van der Waals surface area contributed by atoms with Crippen molar-refractivity contribution in [3.63, 3.8) is 0 Å². The fraction of sp³-hybridized carbons (Fsp3) is 0.375. The van der Waals surface area contributed by atoms with Crippen LogP contribution in [0.4, 0.5) is 0 Å². The summed E-state index contributed by atoms with van der Waals surface area (Å²) in [6, 6.07) is 1.76. The zero-order valence-electron chi connectivity index (χ0n) is 6.75. The van der Waals surface area contributed by atoms with Gasteiger partial charge in [-0.25, -0.2) is 0 Å². The number of aliphatic hydroxyl groups excluding tert-OH is 1. The number of pyridine rings is 1. The van der Waals surface area contributed by atoms with E-state index < -0.39 is 0 Å².